The Morgan fingerprint density at radius 3 is 2.05 bits per heavy atom. The summed E-state index contributed by atoms with van der Waals surface area (Å²) in [6, 6.07) is 15.0. The number of fused-ring (bicyclic) bond motifs is 2. The average Bonchev–Trinajstić information content (AvgIpc) is 2.51. The molecule has 0 bridgehead atoms. The normalized spacial score (nSPS) is 13.6. The smallest absolute Gasteiger partial charge is 0.301 e. The Hall–Kier alpha value is -2.47. The van der Waals surface area contributed by atoms with Crippen molar-refractivity contribution in [3.63, 3.8) is 0 Å². The van der Waals surface area contributed by atoms with E-state index in [0.717, 1.165) is 21.2 Å². The molecule has 3 rings (SSSR count). The maximum Gasteiger partial charge on any atom is 0.301 e. The quantitative estimate of drug-likeness (QED) is 0.337. The first kappa shape index (κ1) is 12.6. The molecule has 0 saturated carbocycles. The third-order valence-electron chi connectivity index (χ3n) is 2.96. The van der Waals surface area contributed by atoms with Gasteiger partial charge >= 0.3 is 5.91 Å². The van der Waals surface area contributed by atoms with Crippen molar-refractivity contribution in [2.75, 3.05) is 4.90 Å². The lowest BCUT2D eigenvalue weighted by Crippen LogP contribution is -2.38. The van der Waals surface area contributed by atoms with E-state index in [-0.39, 0.29) is 0 Å². The standard InChI is InChI=1S/C14H11N3O2S/c15-13(16-19)14(18)17-9-5-1-3-7-11(9)20-12-8-4-2-6-10(12)17/h1-8,19H,(H2,15,16). The molecule has 0 fully saturated rings. The third kappa shape index (κ3) is 1.90. The Bertz CT molecular complexity index is 670. The highest BCUT2D eigenvalue weighted by atomic mass is 32.2. The Morgan fingerprint density at radius 2 is 1.55 bits per heavy atom. The van der Waals surface area contributed by atoms with Crippen molar-refractivity contribution in [3.05, 3.63) is 48.5 Å². The van der Waals surface area contributed by atoms with Gasteiger partial charge in [-0.05, 0) is 24.3 Å². The lowest BCUT2D eigenvalue weighted by atomic mass is 10.2. The molecule has 0 aromatic heterocycles. The number of nitrogens with zero attached hydrogens (tertiary/aromatic N) is 2. The van der Waals surface area contributed by atoms with Crippen LogP contribution >= 0.6 is 11.8 Å². The predicted octanol–water partition coefficient (Wildman–Crippen LogP) is 2.56. The van der Waals surface area contributed by atoms with Crippen LogP contribution in [0.25, 0.3) is 0 Å². The van der Waals surface area contributed by atoms with Crippen LogP contribution in [-0.4, -0.2) is 17.0 Å². The number of amidine groups is 1. The molecular weight excluding hydrogens is 274 g/mol. The van der Waals surface area contributed by atoms with E-state index in [0.29, 0.717) is 0 Å². The summed E-state index contributed by atoms with van der Waals surface area (Å²) >= 11 is 1.59. The molecule has 0 aliphatic carbocycles. The van der Waals surface area contributed by atoms with E-state index in [1.165, 1.54) is 4.90 Å². The molecule has 5 nitrogen and oxygen atoms in total. The molecule has 20 heavy (non-hydrogen) atoms. The van der Waals surface area contributed by atoms with Gasteiger partial charge in [0.2, 0.25) is 5.84 Å². The van der Waals surface area contributed by atoms with E-state index >= 15 is 0 Å². The van der Waals surface area contributed by atoms with Crippen LogP contribution in [-0.2, 0) is 4.79 Å². The molecule has 2 aromatic rings. The number of para-hydroxylation sites is 2. The number of hydrogen-bond acceptors (Lipinski definition) is 4. The lowest BCUT2D eigenvalue weighted by Gasteiger charge is -2.30. The Morgan fingerprint density at radius 1 is 1.05 bits per heavy atom. The molecule has 0 radical (unpaired) electrons. The Kier molecular flexibility index (Phi) is 3.08. The van der Waals surface area contributed by atoms with Gasteiger partial charge in [0.1, 0.15) is 0 Å². The first-order valence-corrected chi connectivity index (χ1v) is 6.72. The molecular formula is C14H11N3O2S. The summed E-state index contributed by atoms with van der Waals surface area (Å²) in [7, 11) is 0. The molecule has 3 N–H and O–H groups in total. The van der Waals surface area contributed by atoms with Crippen LogP contribution < -0.4 is 10.6 Å². The van der Waals surface area contributed by atoms with Crippen LogP contribution in [0.4, 0.5) is 11.4 Å². The second kappa shape index (κ2) is 4.90. The monoisotopic (exact) mass is 285 g/mol. The van der Waals surface area contributed by atoms with Crippen LogP contribution in [0.3, 0.4) is 0 Å². The van der Waals surface area contributed by atoms with Crippen molar-refractivity contribution in [1.82, 2.24) is 0 Å². The molecule has 0 spiro atoms. The van der Waals surface area contributed by atoms with Gasteiger partial charge in [0, 0.05) is 9.79 Å². The summed E-state index contributed by atoms with van der Waals surface area (Å²) < 4.78 is 0. The maximum atomic E-state index is 12.4. The molecule has 2 aromatic carbocycles. The molecule has 1 heterocycles. The SMILES string of the molecule is N/C(=N\O)C(=O)N1c2ccccc2Sc2ccccc21. The maximum absolute atomic E-state index is 12.4. The van der Waals surface area contributed by atoms with Gasteiger partial charge in [-0.2, -0.15) is 0 Å². The van der Waals surface area contributed by atoms with E-state index in [1.54, 1.807) is 11.8 Å². The van der Waals surface area contributed by atoms with Crippen molar-refractivity contribution >= 4 is 34.9 Å². The van der Waals surface area contributed by atoms with E-state index in [9.17, 15) is 4.79 Å². The van der Waals surface area contributed by atoms with Crippen molar-refractivity contribution in [1.29, 1.82) is 0 Å². The van der Waals surface area contributed by atoms with Crippen molar-refractivity contribution in [2.45, 2.75) is 9.79 Å². The fraction of sp³-hybridized carbons (Fsp3) is 0. The number of amides is 1. The molecule has 1 aliphatic heterocycles. The van der Waals surface area contributed by atoms with Crippen LogP contribution in [0, 0.1) is 0 Å². The van der Waals surface area contributed by atoms with Gasteiger partial charge in [0.25, 0.3) is 0 Å². The number of carbonyl (C=O) groups excluding carboxylic acids is 1. The van der Waals surface area contributed by atoms with Crippen LogP contribution in [0.5, 0.6) is 0 Å². The highest BCUT2D eigenvalue weighted by molar-refractivity contribution is 7.99. The largest absolute Gasteiger partial charge is 0.409 e. The number of benzene rings is 2. The summed E-state index contributed by atoms with van der Waals surface area (Å²) in [4.78, 5) is 15.7. The first-order valence-electron chi connectivity index (χ1n) is 5.90. The second-order valence-electron chi connectivity index (χ2n) is 4.16. The molecule has 1 amide bonds. The number of oxime groups is 1. The fourth-order valence-electron chi connectivity index (χ4n) is 2.08. The Balaban J connectivity index is 2.20. The molecule has 0 unspecified atom stereocenters. The van der Waals surface area contributed by atoms with Gasteiger partial charge in [-0.15, -0.1) is 0 Å². The molecule has 6 heteroatoms. The lowest BCUT2D eigenvalue weighted by molar-refractivity contribution is -0.112. The first-order chi connectivity index (χ1) is 9.72. The molecule has 1 aliphatic rings. The topological polar surface area (TPSA) is 78.9 Å². The minimum atomic E-state index is -0.548. The van der Waals surface area contributed by atoms with Crippen LogP contribution in [0.1, 0.15) is 0 Å². The van der Waals surface area contributed by atoms with Gasteiger partial charge in [-0.1, -0.05) is 41.2 Å². The number of nitrogens with two attached hydrogens (primary N) is 1. The highest BCUT2D eigenvalue weighted by Gasteiger charge is 2.29. The molecule has 0 atom stereocenters. The third-order valence-corrected chi connectivity index (χ3v) is 4.09. The van der Waals surface area contributed by atoms with Gasteiger partial charge in [0.05, 0.1) is 11.4 Å². The van der Waals surface area contributed by atoms with Crippen molar-refractivity contribution in [2.24, 2.45) is 10.9 Å². The summed E-state index contributed by atoms with van der Waals surface area (Å²) in [5.74, 6) is -0.991. The fourth-order valence-corrected chi connectivity index (χ4v) is 3.14. The van der Waals surface area contributed by atoms with E-state index in [2.05, 4.69) is 5.16 Å². The van der Waals surface area contributed by atoms with Crippen molar-refractivity contribution < 1.29 is 10.0 Å². The van der Waals surface area contributed by atoms with Gasteiger partial charge in [-0.25, -0.2) is 0 Å². The van der Waals surface area contributed by atoms with Crippen LogP contribution in [0.15, 0.2) is 63.5 Å². The Labute approximate surface area is 119 Å². The number of rotatable bonds is 0. The number of hydrogen-bond donors (Lipinski definition) is 2. The van der Waals surface area contributed by atoms with E-state index in [4.69, 9.17) is 10.9 Å². The number of carbonyl (C=O) groups is 1. The van der Waals surface area contributed by atoms with Gasteiger partial charge in [-0.3, -0.25) is 9.69 Å². The molecule has 100 valence electrons. The summed E-state index contributed by atoms with van der Waals surface area (Å²) in [6.45, 7) is 0. The van der Waals surface area contributed by atoms with Gasteiger partial charge < -0.3 is 10.9 Å². The van der Waals surface area contributed by atoms with Crippen molar-refractivity contribution in [3.8, 4) is 0 Å². The van der Waals surface area contributed by atoms with E-state index < -0.39 is 11.7 Å². The predicted molar refractivity (Wildman–Crippen MR) is 77.6 cm³/mol. The highest BCUT2D eigenvalue weighted by Crippen LogP contribution is 2.47. The zero-order chi connectivity index (χ0) is 14.1. The van der Waals surface area contributed by atoms with E-state index in [1.807, 2.05) is 48.5 Å². The van der Waals surface area contributed by atoms with Gasteiger partial charge in [0.15, 0.2) is 0 Å². The zero-order valence-corrected chi connectivity index (χ0v) is 11.2. The average molecular weight is 285 g/mol. The minimum absolute atomic E-state index is 0.443. The molecule has 0 saturated heterocycles. The minimum Gasteiger partial charge on any atom is -0.409 e. The summed E-state index contributed by atoms with van der Waals surface area (Å²) in [5, 5.41) is 11.5. The summed E-state index contributed by atoms with van der Waals surface area (Å²) in [6.07, 6.45) is 0. The zero-order valence-electron chi connectivity index (χ0n) is 10.4. The van der Waals surface area contributed by atoms with Crippen LogP contribution in [0.2, 0.25) is 0 Å². The number of anilines is 2. The second-order valence-corrected chi connectivity index (χ2v) is 5.25. The summed E-state index contributed by atoms with van der Waals surface area (Å²) in [5.41, 5.74) is 6.92.